The lowest BCUT2D eigenvalue weighted by atomic mass is 10.4. The monoisotopic (exact) mass is 179 g/mol. The third-order valence-corrected chi connectivity index (χ3v) is 1.60. The van der Waals surface area contributed by atoms with E-state index >= 15 is 0 Å². The van der Waals surface area contributed by atoms with Crippen molar-refractivity contribution in [2.75, 3.05) is 18.9 Å². The van der Waals surface area contributed by atoms with Crippen LogP contribution in [0, 0.1) is 6.92 Å². The van der Waals surface area contributed by atoms with Crippen molar-refractivity contribution in [3.63, 3.8) is 0 Å². The summed E-state index contributed by atoms with van der Waals surface area (Å²) in [5.74, 6) is 0.673. The van der Waals surface area contributed by atoms with Crippen LogP contribution in [0.15, 0.2) is 18.2 Å². The quantitative estimate of drug-likeness (QED) is 0.712. The van der Waals surface area contributed by atoms with Crippen LogP contribution in [0.25, 0.3) is 0 Å². The van der Waals surface area contributed by atoms with E-state index in [4.69, 9.17) is 0 Å². The van der Waals surface area contributed by atoms with Gasteiger partial charge in [0, 0.05) is 12.7 Å². The van der Waals surface area contributed by atoms with Gasteiger partial charge in [0.05, 0.1) is 6.54 Å². The van der Waals surface area contributed by atoms with Crippen molar-refractivity contribution in [2.24, 2.45) is 0 Å². The molecule has 0 unspecified atom stereocenters. The van der Waals surface area contributed by atoms with Gasteiger partial charge in [-0.25, -0.2) is 4.98 Å². The Hall–Kier alpha value is -1.58. The van der Waals surface area contributed by atoms with E-state index in [2.05, 4.69) is 15.6 Å². The van der Waals surface area contributed by atoms with Crippen molar-refractivity contribution in [3.8, 4) is 0 Å². The molecule has 0 fully saturated rings. The number of carbonyl (C=O) groups is 1. The lowest BCUT2D eigenvalue weighted by molar-refractivity contribution is -0.118. The van der Waals surface area contributed by atoms with Crippen LogP contribution in [-0.2, 0) is 4.79 Å². The Labute approximate surface area is 77.4 Å². The zero-order valence-corrected chi connectivity index (χ0v) is 7.79. The van der Waals surface area contributed by atoms with Crippen LogP contribution >= 0.6 is 0 Å². The van der Waals surface area contributed by atoms with Gasteiger partial charge < -0.3 is 10.6 Å². The molecule has 1 rings (SSSR count). The number of aromatic nitrogens is 1. The van der Waals surface area contributed by atoms with Gasteiger partial charge in [-0.15, -0.1) is 0 Å². The van der Waals surface area contributed by atoms with Crippen LogP contribution in [0.3, 0.4) is 0 Å². The molecule has 0 bridgehead atoms. The standard InChI is InChI=1S/C9H13N3O/c1-7-4-3-5-8(12-7)11-6-9(13)10-2/h3-5H,6H2,1-2H3,(H,10,13)(H,11,12). The van der Waals surface area contributed by atoms with Crippen LogP contribution in [0.4, 0.5) is 5.82 Å². The van der Waals surface area contributed by atoms with E-state index < -0.39 is 0 Å². The molecule has 2 N–H and O–H groups in total. The van der Waals surface area contributed by atoms with E-state index in [1.807, 2.05) is 25.1 Å². The Kier molecular flexibility index (Phi) is 3.25. The topological polar surface area (TPSA) is 54.0 Å². The van der Waals surface area contributed by atoms with E-state index in [0.29, 0.717) is 0 Å². The average molecular weight is 179 g/mol. The second-order valence-electron chi connectivity index (χ2n) is 2.69. The van der Waals surface area contributed by atoms with Gasteiger partial charge in [-0.3, -0.25) is 4.79 Å². The van der Waals surface area contributed by atoms with Crippen LogP contribution in [0.1, 0.15) is 5.69 Å². The Balaban J connectivity index is 2.50. The molecule has 0 saturated heterocycles. The van der Waals surface area contributed by atoms with Crippen molar-refractivity contribution < 1.29 is 4.79 Å². The van der Waals surface area contributed by atoms with Gasteiger partial charge in [-0.05, 0) is 19.1 Å². The lowest BCUT2D eigenvalue weighted by Crippen LogP contribution is -2.26. The van der Waals surface area contributed by atoms with Gasteiger partial charge in [0.2, 0.25) is 5.91 Å². The molecule has 70 valence electrons. The molecule has 0 saturated carbocycles. The average Bonchev–Trinajstić information content (AvgIpc) is 2.14. The van der Waals surface area contributed by atoms with E-state index in [-0.39, 0.29) is 12.5 Å². The Morgan fingerprint density at radius 1 is 1.54 bits per heavy atom. The fourth-order valence-corrected chi connectivity index (χ4v) is 0.901. The highest BCUT2D eigenvalue weighted by molar-refractivity contribution is 5.79. The van der Waals surface area contributed by atoms with Gasteiger partial charge in [0.1, 0.15) is 5.82 Å². The molecule has 0 atom stereocenters. The number of aryl methyl sites for hydroxylation is 1. The number of hydrogen-bond acceptors (Lipinski definition) is 3. The summed E-state index contributed by atoms with van der Waals surface area (Å²) in [6.45, 7) is 2.16. The van der Waals surface area contributed by atoms with Crippen molar-refractivity contribution in [1.82, 2.24) is 10.3 Å². The van der Waals surface area contributed by atoms with Gasteiger partial charge >= 0.3 is 0 Å². The summed E-state index contributed by atoms with van der Waals surface area (Å²) < 4.78 is 0. The number of pyridine rings is 1. The minimum absolute atomic E-state index is 0.0525. The zero-order valence-electron chi connectivity index (χ0n) is 7.79. The minimum Gasteiger partial charge on any atom is -0.361 e. The predicted molar refractivity (Wildman–Crippen MR) is 51.5 cm³/mol. The molecular weight excluding hydrogens is 166 g/mol. The number of nitrogens with zero attached hydrogens (tertiary/aromatic N) is 1. The number of nitrogens with one attached hydrogen (secondary N) is 2. The molecule has 1 heterocycles. The van der Waals surface area contributed by atoms with Crippen molar-refractivity contribution >= 4 is 11.7 Å². The molecule has 0 radical (unpaired) electrons. The maximum atomic E-state index is 10.9. The first-order chi connectivity index (χ1) is 6.22. The molecule has 0 aliphatic carbocycles. The molecule has 4 heteroatoms. The second-order valence-corrected chi connectivity index (χ2v) is 2.69. The maximum Gasteiger partial charge on any atom is 0.239 e. The predicted octanol–water partition coefficient (Wildman–Crippen LogP) is 0.548. The number of rotatable bonds is 3. The molecule has 4 nitrogen and oxygen atoms in total. The van der Waals surface area contributed by atoms with Crippen molar-refractivity contribution in [1.29, 1.82) is 0 Å². The number of likely N-dealkylation sites (N-methyl/N-ethyl adjacent to an activating group) is 1. The zero-order chi connectivity index (χ0) is 9.68. The van der Waals surface area contributed by atoms with E-state index in [1.165, 1.54) is 0 Å². The summed E-state index contributed by atoms with van der Waals surface area (Å²) >= 11 is 0. The molecule has 0 aliphatic heterocycles. The first kappa shape index (κ1) is 9.51. The molecule has 0 aliphatic rings. The van der Waals surface area contributed by atoms with E-state index in [1.54, 1.807) is 7.05 Å². The van der Waals surface area contributed by atoms with Crippen molar-refractivity contribution in [3.05, 3.63) is 23.9 Å². The van der Waals surface area contributed by atoms with Crippen molar-refractivity contribution in [2.45, 2.75) is 6.92 Å². The highest BCUT2D eigenvalue weighted by atomic mass is 16.1. The minimum atomic E-state index is -0.0525. The normalized spacial score (nSPS) is 9.38. The van der Waals surface area contributed by atoms with Crippen LogP contribution < -0.4 is 10.6 Å². The summed E-state index contributed by atoms with van der Waals surface area (Å²) in [4.78, 5) is 15.1. The Morgan fingerprint density at radius 2 is 2.31 bits per heavy atom. The summed E-state index contributed by atoms with van der Waals surface area (Å²) in [7, 11) is 1.60. The molecule has 0 spiro atoms. The SMILES string of the molecule is CNC(=O)CNc1cccc(C)n1. The summed E-state index contributed by atoms with van der Waals surface area (Å²) in [6, 6.07) is 5.63. The van der Waals surface area contributed by atoms with Gasteiger partial charge in [-0.1, -0.05) is 6.07 Å². The number of anilines is 1. The van der Waals surface area contributed by atoms with Gasteiger partial charge in [0.15, 0.2) is 0 Å². The fourth-order valence-electron chi connectivity index (χ4n) is 0.901. The van der Waals surface area contributed by atoms with Crippen LogP contribution in [0.5, 0.6) is 0 Å². The molecule has 1 aromatic rings. The first-order valence-corrected chi connectivity index (χ1v) is 4.10. The van der Waals surface area contributed by atoms with Crippen LogP contribution in [0.2, 0.25) is 0 Å². The smallest absolute Gasteiger partial charge is 0.239 e. The van der Waals surface area contributed by atoms with E-state index in [9.17, 15) is 4.79 Å². The van der Waals surface area contributed by atoms with Crippen LogP contribution in [-0.4, -0.2) is 24.5 Å². The second kappa shape index (κ2) is 4.45. The lowest BCUT2D eigenvalue weighted by Gasteiger charge is -2.04. The number of hydrogen-bond donors (Lipinski definition) is 2. The molecule has 13 heavy (non-hydrogen) atoms. The third kappa shape index (κ3) is 3.11. The summed E-state index contributed by atoms with van der Waals surface area (Å²) in [6.07, 6.45) is 0. The number of amides is 1. The Bertz CT molecular complexity index is 299. The molecule has 1 aromatic heterocycles. The first-order valence-electron chi connectivity index (χ1n) is 4.10. The number of carbonyl (C=O) groups excluding carboxylic acids is 1. The molecule has 0 aromatic carbocycles. The summed E-state index contributed by atoms with van der Waals surface area (Å²) in [5, 5.41) is 5.43. The van der Waals surface area contributed by atoms with Gasteiger partial charge in [-0.2, -0.15) is 0 Å². The third-order valence-electron chi connectivity index (χ3n) is 1.60. The highest BCUT2D eigenvalue weighted by Crippen LogP contribution is 2.02. The Morgan fingerprint density at radius 3 is 2.92 bits per heavy atom. The fraction of sp³-hybridized carbons (Fsp3) is 0.333. The molecular formula is C9H13N3O. The maximum absolute atomic E-state index is 10.9. The largest absolute Gasteiger partial charge is 0.361 e. The highest BCUT2D eigenvalue weighted by Gasteiger charge is 1.97. The summed E-state index contributed by atoms with van der Waals surface area (Å²) in [5.41, 5.74) is 0.932. The molecule has 1 amide bonds. The van der Waals surface area contributed by atoms with E-state index in [0.717, 1.165) is 11.5 Å². The van der Waals surface area contributed by atoms with Gasteiger partial charge in [0.25, 0.3) is 0 Å².